The van der Waals surface area contributed by atoms with Crippen LogP contribution in [0.25, 0.3) is 0 Å². The van der Waals surface area contributed by atoms with Crippen LogP contribution in [0.4, 0.5) is 0 Å². The zero-order chi connectivity index (χ0) is 15.5. The molecule has 0 aromatic rings. The van der Waals surface area contributed by atoms with Gasteiger partial charge in [-0.3, -0.25) is 9.59 Å². The zero-order valence-corrected chi connectivity index (χ0v) is 12.7. The van der Waals surface area contributed by atoms with Crippen molar-refractivity contribution in [3.8, 4) is 0 Å². The number of nitrogens with one attached hydrogen (secondary N) is 1. The Morgan fingerprint density at radius 3 is 2.29 bits per heavy atom. The zero-order valence-electron chi connectivity index (χ0n) is 11.9. The third kappa shape index (κ3) is 4.06. The molecule has 0 spiro atoms. The average Bonchev–Trinajstić information content (AvgIpc) is 2.61. The van der Waals surface area contributed by atoms with Gasteiger partial charge in [0, 0.05) is 11.8 Å². The maximum atomic E-state index is 12.1. The fourth-order valence-corrected chi connectivity index (χ4v) is 4.34. The van der Waals surface area contributed by atoms with Crippen LogP contribution in [0.2, 0.25) is 0 Å². The molecule has 0 radical (unpaired) electrons. The standard InChI is InChI=1S/C14H21NO5S/c16-12(15-11-5-8-21(19,20)10-11)9-14(13(17)18)6-3-1-2-4-7-14/h5,8,11H,1-4,6-7,9-10H2,(H,15,16)(H,17,18). The summed E-state index contributed by atoms with van der Waals surface area (Å²) in [5, 5.41) is 13.2. The molecule has 0 bridgehead atoms. The van der Waals surface area contributed by atoms with Gasteiger partial charge in [-0.2, -0.15) is 0 Å². The Balaban J connectivity index is 1.99. The number of carboxylic acid groups (broad SMARTS) is 1. The molecule has 0 saturated heterocycles. The van der Waals surface area contributed by atoms with E-state index in [9.17, 15) is 23.1 Å². The minimum absolute atomic E-state index is 0.0767. The maximum absolute atomic E-state index is 12.1. The van der Waals surface area contributed by atoms with Crippen molar-refractivity contribution in [2.45, 2.75) is 51.0 Å². The van der Waals surface area contributed by atoms with Gasteiger partial charge < -0.3 is 10.4 Å². The first-order chi connectivity index (χ1) is 9.83. The normalized spacial score (nSPS) is 27.0. The smallest absolute Gasteiger partial charge is 0.310 e. The Hall–Kier alpha value is -1.37. The van der Waals surface area contributed by atoms with Crippen molar-refractivity contribution >= 4 is 21.7 Å². The molecule has 1 heterocycles. The molecule has 1 fully saturated rings. The molecule has 1 unspecified atom stereocenters. The molecule has 2 N–H and O–H groups in total. The monoisotopic (exact) mass is 315 g/mol. The first kappa shape index (κ1) is 16.0. The van der Waals surface area contributed by atoms with Crippen molar-refractivity contribution in [1.82, 2.24) is 5.32 Å². The van der Waals surface area contributed by atoms with Gasteiger partial charge in [0.15, 0.2) is 9.84 Å². The highest BCUT2D eigenvalue weighted by atomic mass is 32.2. The Labute approximate surface area is 124 Å². The van der Waals surface area contributed by atoms with Crippen LogP contribution in [-0.2, 0) is 19.4 Å². The average molecular weight is 315 g/mol. The Bertz CT molecular complexity index is 544. The van der Waals surface area contributed by atoms with E-state index >= 15 is 0 Å². The molecule has 0 aromatic carbocycles. The Kier molecular flexibility index (Phi) is 4.70. The molecule has 1 aliphatic heterocycles. The molecular formula is C14H21NO5S. The van der Waals surface area contributed by atoms with E-state index in [2.05, 4.69) is 5.32 Å². The van der Waals surface area contributed by atoms with Gasteiger partial charge in [0.05, 0.1) is 17.2 Å². The van der Waals surface area contributed by atoms with Crippen LogP contribution in [0.3, 0.4) is 0 Å². The largest absolute Gasteiger partial charge is 0.481 e. The number of sulfone groups is 1. The number of carbonyl (C=O) groups excluding carboxylic acids is 1. The molecule has 1 atom stereocenters. The summed E-state index contributed by atoms with van der Waals surface area (Å²) in [5.41, 5.74) is -0.998. The third-order valence-electron chi connectivity index (χ3n) is 4.29. The number of carboxylic acids is 1. The van der Waals surface area contributed by atoms with Gasteiger partial charge in [0.25, 0.3) is 0 Å². The highest BCUT2D eigenvalue weighted by molar-refractivity contribution is 7.94. The summed E-state index contributed by atoms with van der Waals surface area (Å²) in [6.45, 7) is 0. The van der Waals surface area contributed by atoms with Crippen LogP contribution in [0.5, 0.6) is 0 Å². The van der Waals surface area contributed by atoms with Crippen molar-refractivity contribution in [2.24, 2.45) is 5.41 Å². The fourth-order valence-electron chi connectivity index (χ4n) is 3.10. The van der Waals surface area contributed by atoms with Gasteiger partial charge in [0.1, 0.15) is 0 Å². The number of carbonyl (C=O) groups is 2. The molecule has 1 saturated carbocycles. The van der Waals surface area contributed by atoms with Crippen molar-refractivity contribution in [3.63, 3.8) is 0 Å². The van der Waals surface area contributed by atoms with E-state index in [-0.39, 0.29) is 18.1 Å². The Morgan fingerprint density at radius 1 is 1.19 bits per heavy atom. The maximum Gasteiger partial charge on any atom is 0.310 e. The molecule has 1 aliphatic carbocycles. The van der Waals surface area contributed by atoms with E-state index in [1.807, 2.05) is 0 Å². The summed E-state index contributed by atoms with van der Waals surface area (Å²) in [6, 6.07) is -0.542. The number of rotatable bonds is 4. The predicted octanol–water partition coefficient (Wildman–Crippen LogP) is 1.23. The molecule has 6 nitrogen and oxygen atoms in total. The van der Waals surface area contributed by atoms with Crippen molar-refractivity contribution in [2.75, 3.05) is 5.75 Å². The summed E-state index contributed by atoms with van der Waals surface area (Å²) in [7, 11) is -3.22. The number of aliphatic carboxylic acids is 1. The first-order valence-electron chi connectivity index (χ1n) is 7.27. The van der Waals surface area contributed by atoms with Gasteiger partial charge in [-0.15, -0.1) is 0 Å². The van der Waals surface area contributed by atoms with Gasteiger partial charge in [-0.05, 0) is 18.9 Å². The highest BCUT2D eigenvalue weighted by Crippen LogP contribution is 2.38. The van der Waals surface area contributed by atoms with E-state index in [0.29, 0.717) is 12.8 Å². The number of hydrogen-bond acceptors (Lipinski definition) is 4. The van der Waals surface area contributed by atoms with Crippen LogP contribution >= 0.6 is 0 Å². The van der Waals surface area contributed by atoms with E-state index < -0.39 is 27.3 Å². The fraction of sp³-hybridized carbons (Fsp3) is 0.714. The van der Waals surface area contributed by atoms with Crippen LogP contribution < -0.4 is 5.32 Å². The van der Waals surface area contributed by atoms with Crippen molar-refractivity contribution < 1.29 is 23.1 Å². The summed E-state index contributed by atoms with van der Waals surface area (Å²) in [4.78, 5) is 23.7. The van der Waals surface area contributed by atoms with E-state index in [4.69, 9.17) is 0 Å². The topological polar surface area (TPSA) is 101 Å². The second-order valence-corrected chi connectivity index (χ2v) is 7.94. The lowest BCUT2D eigenvalue weighted by Crippen LogP contribution is -2.41. The second-order valence-electron chi connectivity index (χ2n) is 6.01. The van der Waals surface area contributed by atoms with Crippen LogP contribution in [0.15, 0.2) is 11.5 Å². The molecule has 2 aliphatic rings. The van der Waals surface area contributed by atoms with Crippen molar-refractivity contribution in [3.05, 3.63) is 11.5 Å². The van der Waals surface area contributed by atoms with Crippen LogP contribution in [0.1, 0.15) is 44.9 Å². The minimum atomic E-state index is -3.22. The lowest BCUT2D eigenvalue weighted by Gasteiger charge is -2.27. The van der Waals surface area contributed by atoms with Crippen molar-refractivity contribution in [1.29, 1.82) is 0 Å². The van der Waals surface area contributed by atoms with Gasteiger partial charge in [0.2, 0.25) is 5.91 Å². The molecule has 118 valence electrons. The summed E-state index contributed by atoms with van der Waals surface area (Å²) >= 11 is 0. The van der Waals surface area contributed by atoms with E-state index in [1.165, 1.54) is 6.08 Å². The van der Waals surface area contributed by atoms with Crippen LogP contribution in [-0.4, -0.2) is 37.2 Å². The SMILES string of the molecule is O=C(CC1(C(=O)O)CCCCCC1)NC1C=CS(=O)(=O)C1. The third-order valence-corrected chi connectivity index (χ3v) is 5.69. The molecule has 0 aromatic heterocycles. The van der Waals surface area contributed by atoms with Gasteiger partial charge >= 0.3 is 5.97 Å². The minimum Gasteiger partial charge on any atom is -0.481 e. The second kappa shape index (κ2) is 6.17. The molecule has 7 heteroatoms. The van der Waals surface area contributed by atoms with E-state index in [0.717, 1.165) is 31.1 Å². The summed E-state index contributed by atoms with van der Waals surface area (Å²) in [5.74, 6) is -1.45. The van der Waals surface area contributed by atoms with Gasteiger partial charge in [-0.1, -0.05) is 25.7 Å². The lowest BCUT2D eigenvalue weighted by atomic mass is 9.77. The number of amides is 1. The summed E-state index contributed by atoms with van der Waals surface area (Å²) in [6.07, 6.45) is 6.01. The molecule has 21 heavy (non-hydrogen) atoms. The quantitative estimate of drug-likeness (QED) is 0.760. The summed E-state index contributed by atoms with van der Waals surface area (Å²) < 4.78 is 22.6. The van der Waals surface area contributed by atoms with Crippen LogP contribution in [0, 0.1) is 5.41 Å². The number of hydrogen-bond donors (Lipinski definition) is 2. The highest BCUT2D eigenvalue weighted by Gasteiger charge is 2.41. The lowest BCUT2D eigenvalue weighted by molar-refractivity contribution is -0.153. The first-order valence-corrected chi connectivity index (χ1v) is 8.98. The predicted molar refractivity (Wildman–Crippen MR) is 77.2 cm³/mol. The molecule has 1 amide bonds. The molecule has 2 rings (SSSR count). The van der Waals surface area contributed by atoms with Gasteiger partial charge in [-0.25, -0.2) is 8.42 Å². The molecular weight excluding hydrogens is 294 g/mol. The Morgan fingerprint density at radius 2 is 1.81 bits per heavy atom. The van der Waals surface area contributed by atoms with E-state index in [1.54, 1.807) is 0 Å².